The van der Waals surface area contributed by atoms with Crippen molar-refractivity contribution in [3.63, 3.8) is 0 Å². The standard InChI is InChI=1S/C12H17N3O2S/c1-13-12(14-2)15-18(16,17)11-5-3-4-10(8-11)9-6-7-9/h3-5,8-9H,6-7H2,1-2H3,(H2,13,14,15). The number of benzene rings is 1. The summed E-state index contributed by atoms with van der Waals surface area (Å²) in [6.45, 7) is 0. The number of nitrogens with zero attached hydrogens (tertiary/aromatic N) is 1. The highest BCUT2D eigenvalue weighted by Gasteiger charge is 2.25. The summed E-state index contributed by atoms with van der Waals surface area (Å²) in [4.78, 5) is 4.08. The molecular weight excluding hydrogens is 250 g/mol. The predicted molar refractivity (Wildman–Crippen MR) is 71.2 cm³/mol. The smallest absolute Gasteiger partial charge is 0.264 e. The summed E-state index contributed by atoms with van der Waals surface area (Å²) < 4.78 is 26.7. The van der Waals surface area contributed by atoms with Gasteiger partial charge < -0.3 is 5.32 Å². The molecule has 1 aromatic carbocycles. The van der Waals surface area contributed by atoms with Crippen LogP contribution in [0.2, 0.25) is 0 Å². The zero-order valence-corrected chi connectivity index (χ0v) is 11.3. The molecule has 1 aliphatic rings. The van der Waals surface area contributed by atoms with Gasteiger partial charge in [0.15, 0.2) is 0 Å². The van der Waals surface area contributed by atoms with Gasteiger partial charge >= 0.3 is 0 Å². The predicted octanol–water partition coefficient (Wildman–Crippen LogP) is 1.05. The molecule has 0 bridgehead atoms. The van der Waals surface area contributed by atoms with E-state index in [0.717, 1.165) is 18.4 Å². The molecule has 0 unspecified atom stereocenters. The van der Waals surface area contributed by atoms with Gasteiger partial charge in [0.2, 0.25) is 5.96 Å². The molecule has 0 saturated heterocycles. The molecule has 5 nitrogen and oxygen atoms in total. The van der Waals surface area contributed by atoms with Crippen LogP contribution in [0.4, 0.5) is 0 Å². The second-order valence-corrected chi connectivity index (χ2v) is 5.96. The molecule has 1 aromatic rings. The minimum absolute atomic E-state index is 0.229. The van der Waals surface area contributed by atoms with E-state index in [4.69, 9.17) is 0 Å². The first-order valence-corrected chi connectivity index (χ1v) is 7.32. The fourth-order valence-electron chi connectivity index (χ4n) is 1.75. The highest BCUT2D eigenvalue weighted by molar-refractivity contribution is 7.90. The van der Waals surface area contributed by atoms with Gasteiger partial charge in [-0.15, -0.1) is 0 Å². The van der Waals surface area contributed by atoms with Crippen molar-refractivity contribution < 1.29 is 8.42 Å². The van der Waals surface area contributed by atoms with Crippen LogP contribution in [0, 0.1) is 0 Å². The third kappa shape index (κ3) is 2.81. The zero-order valence-electron chi connectivity index (χ0n) is 10.5. The van der Waals surface area contributed by atoms with E-state index in [1.807, 2.05) is 6.07 Å². The lowest BCUT2D eigenvalue weighted by Gasteiger charge is -2.10. The average Bonchev–Trinajstić information content (AvgIpc) is 3.20. The quantitative estimate of drug-likeness (QED) is 0.635. The van der Waals surface area contributed by atoms with Crippen molar-refractivity contribution in [2.45, 2.75) is 23.7 Å². The summed E-state index contributed by atoms with van der Waals surface area (Å²) in [5.74, 6) is 0.760. The number of aliphatic imine (C=N–C) groups is 1. The van der Waals surface area contributed by atoms with E-state index in [1.165, 1.54) is 7.05 Å². The van der Waals surface area contributed by atoms with Crippen LogP contribution in [-0.2, 0) is 10.0 Å². The van der Waals surface area contributed by atoms with Crippen LogP contribution in [0.1, 0.15) is 24.3 Å². The number of nitrogens with one attached hydrogen (secondary N) is 2. The Labute approximate surface area is 107 Å². The third-order valence-corrected chi connectivity index (χ3v) is 4.25. The third-order valence-electron chi connectivity index (χ3n) is 2.91. The van der Waals surface area contributed by atoms with Crippen LogP contribution in [0.3, 0.4) is 0 Å². The molecule has 0 heterocycles. The molecule has 1 saturated carbocycles. The number of rotatable bonds is 3. The van der Waals surface area contributed by atoms with Gasteiger partial charge in [0.25, 0.3) is 10.0 Å². The topological polar surface area (TPSA) is 70.6 Å². The van der Waals surface area contributed by atoms with Crippen LogP contribution in [0.25, 0.3) is 0 Å². The molecule has 1 aliphatic carbocycles. The van der Waals surface area contributed by atoms with Crippen LogP contribution < -0.4 is 10.0 Å². The van der Waals surface area contributed by atoms with E-state index in [2.05, 4.69) is 15.0 Å². The Morgan fingerprint density at radius 2 is 2.11 bits per heavy atom. The SMILES string of the molecule is C/N=C(\NC)NS(=O)(=O)c1cccc(C2CC2)c1. The van der Waals surface area contributed by atoms with Crippen molar-refractivity contribution in [2.75, 3.05) is 14.1 Å². The monoisotopic (exact) mass is 267 g/mol. The largest absolute Gasteiger partial charge is 0.359 e. The first-order valence-electron chi connectivity index (χ1n) is 5.84. The van der Waals surface area contributed by atoms with Crippen LogP contribution >= 0.6 is 0 Å². The molecule has 2 rings (SSSR count). The fourth-order valence-corrected chi connectivity index (χ4v) is 2.86. The van der Waals surface area contributed by atoms with Gasteiger partial charge in [0, 0.05) is 14.1 Å². The van der Waals surface area contributed by atoms with Gasteiger partial charge in [0.1, 0.15) is 0 Å². The molecule has 98 valence electrons. The van der Waals surface area contributed by atoms with Crippen LogP contribution in [0.15, 0.2) is 34.2 Å². The second-order valence-electron chi connectivity index (χ2n) is 4.27. The Morgan fingerprint density at radius 3 is 2.67 bits per heavy atom. The van der Waals surface area contributed by atoms with Crippen molar-refractivity contribution >= 4 is 16.0 Å². The van der Waals surface area contributed by atoms with E-state index in [0.29, 0.717) is 5.92 Å². The van der Waals surface area contributed by atoms with Gasteiger partial charge in [0.05, 0.1) is 4.90 Å². The Bertz CT molecular complexity index is 562. The first kappa shape index (κ1) is 12.9. The van der Waals surface area contributed by atoms with Crippen LogP contribution in [0.5, 0.6) is 0 Å². The average molecular weight is 267 g/mol. The van der Waals surface area contributed by atoms with E-state index in [-0.39, 0.29) is 10.9 Å². The number of hydrogen-bond acceptors (Lipinski definition) is 3. The van der Waals surface area contributed by atoms with Gasteiger partial charge in [-0.25, -0.2) is 13.1 Å². The van der Waals surface area contributed by atoms with Gasteiger partial charge in [-0.2, -0.15) is 0 Å². The highest BCUT2D eigenvalue weighted by Crippen LogP contribution is 2.40. The van der Waals surface area contributed by atoms with Crippen molar-refractivity contribution in [3.8, 4) is 0 Å². The number of hydrogen-bond donors (Lipinski definition) is 2. The Morgan fingerprint density at radius 1 is 1.39 bits per heavy atom. The summed E-state index contributed by atoms with van der Waals surface area (Å²) in [7, 11) is -0.416. The van der Waals surface area contributed by atoms with Crippen molar-refractivity contribution in [2.24, 2.45) is 4.99 Å². The molecule has 0 amide bonds. The van der Waals surface area contributed by atoms with Crippen molar-refractivity contribution in [1.82, 2.24) is 10.0 Å². The van der Waals surface area contributed by atoms with Gasteiger partial charge in [-0.3, -0.25) is 4.99 Å². The minimum Gasteiger partial charge on any atom is -0.359 e. The minimum atomic E-state index is -3.56. The molecule has 1 fully saturated rings. The van der Waals surface area contributed by atoms with Crippen molar-refractivity contribution in [3.05, 3.63) is 29.8 Å². The van der Waals surface area contributed by atoms with Crippen LogP contribution in [-0.4, -0.2) is 28.5 Å². The maximum absolute atomic E-state index is 12.1. The Balaban J connectivity index is 2.26. The second kappa shape index (κ2) is 4.97. The first-order chi connectivity index (χ1) is 8.56. The maximum atomic E-state index is 12.1. The Kier molecular flexibility index (Phi) is 3.56. The zero-order chi connectivity index (χ0) is 13.2. The molecule has 0 aliphatic heterocycles. The summed E-state index contributed by atoms with van der Waals surface area (Å²) in [5.41, 5.74) is 1.09. The summed E-state index contributed by atoms with van der Waals surface area (Å²) >= 11 is 0. The summed E-state index contributed by atoms with van der Waals surface area (Å²) in [5, 5.41) is 2.69. The Hall–Kier alpha value is -1.56. The molecule has 0 radical (unpaired) electrons. The van der Waals surface area contributed by atoms with E-state index in [1.54, 1.807) is 25.2 Å². The number of guanidine groups is 1. The number of sulfonamides is 1. The molecule has 0 spiro atoms. The van der Waals surface area contributed by atoms with Gasteiger partial charge in [-0.1, -0.05) is 12.1 Å². The molecule has 0 aromatic heterocycles. The van der Waals surface area contributed by atoms with E-state index < -0.39 is 10.0 Å². The highest BCUT2D eigenvalue weighted by atomic mass is 32.2. The normalized spacial score (nSPS) is 16.4. The fraction of sp³-hybridized carbons (Fsp3) is 0.417. The molecule has 18 heavy (non-hydrogen) atoms. The lowest BCUT2D eigenvalue weighted by Crippen LogP contribution is -2.38. The maximum Gasteiger partial charge on any atom is 0.264 e. The molecular formula is C12H17N3O2S. The lowest BCUT2D eigenvalue weighted by molar-refractivity contribution is 0.591. The van der Waals surface area contributed by atoms with E-state index >= 15 is 0 Å². The summed E-state index contributed by atoms with van der Waals surface area (Å²) in [6, 6.07) is 7.09. The van der Waals surface area contributed by atoms with Gasteiger partial charge in [-0.05, 0) is 36.5 Å². The molecule has 2 N–H and O–H groups in total. The molecule has 0 atom stereocenters. The van der Waals surface area contributed by atoms with Crippen molar-refractivity contribution in [1.29, 1.82) is 0 Å². The van der Waals surface area contributed by atoms with E-state index in [9.17, 15) is 8.42 Å². The summed E-state index contributed by atoms with van der Waals surface area (Å²) in [6.07, 6.45) is 2.30. The molecule has 6 heteroatoms. The lowest BCUT2D eigenvalue weighted by atomic mass is 10.1.